The third kappa shape index (κ3) is 3.06. The van der Waals surface area contributed by atoms with E-state index >= 15 is 0 Å². The number of hydrogen-bond donors (Lipinski definition) is 1. The Kier molecular flexibility index (Phi) is 4.10. The van der Waals surface area contributed by atoms with Crippen molar-refractivity contribution in [1.29, 1.82) is 0 Å². The molecule has 1 aromatic heterocycles. The first kappa shape index (κ1) is 13.7. The molecule has 0 radical (unpaired) electrons. The Bertz CT molecular complexity index is 415. The summed E-state index contributed by atoms with van der Waals surface area (Å²) in [6.07, 6.45) is 7.17. The van der Waals surface area contributed by atoms with Gasteiger partial charge in [-0.05, 0) is 51.8 Å². The molecule has 0 aromatic carbocycles. The molecule has 0 bridgehead atoms. The average Bonchev–Trinajstić information content (AvgIpc) is 2.79. The topological polar surface area (TPSA) is 31.4 Å². The molecule has 2 unspecified atom stereocenters. The number of anilines is 2. The van der Waals surface area contributed by atoms with Gasteiger partial charge in [0, 0.05) is 31.7 Å². The lowest BCUT2D eigenvalue weighted by Gasteiger charge is -2.27. The molecule has 2 fully saturated rings. The van der Waals surface area contributed by atoms with Gasteiger partial charge in [0.1, 0.15) is 5.82 Å². The highest BCUT2D eigenvalue weighted by atomic mass is 15.2. The molecule has 0 saturated carbocycles. The van der Waals surface area contributed by atoms with Crippen molar-refractivity contribution in [3.05, 3.63) is 18.3 Å². The van der Waals surface area contributed by atoms with Crippen molar-refractivity contribution in [3.63, 3.8) is 0 Å². The molecule has 2 saturated heterocycles. The second-order valence-corrected chi connectivity index (χ2v) is 6.32. The second-order valence-electron chi connectivity index (χ2n) is 6.32. The summed E-state index contributed by atoms with van der Waals surface area (Å²) >= 11 is 0. The molecule has 2 aliphatic rings. The molecule has 0 aliphatic carbocycles. The van der Waals surface area contributed by atoms with Gasteiger partial charge in [-0.3, -0.25) is 0 Å². The van der Waals surface area contributed by atoms with Gasteiger partial charge in [-0.25, -0.2) is 4.98 Å². The van der Waals surface area contributed by atoms with Crippen LogP contribution in [0.3, 0.4) is 0 Å². The third-order valence-corrected chi connectivity index (χ3v) is 4.69. The number of hydrogen-bond acceptors (Lipinski definition) is 4. The third-order valence-electron chi connectivity index (χ3n) is 4.69. The first-order valence-electron chi connectivity index (χ1n) is 7.90. The Morgan fingerprint density at radius 3 is 2.60 bits per heavy atom. The normalized spacial score (nSPS) is 27.8. The molecule has 4 heteroatoms. The molecule has 20 heavy (non-hydrogen) atoms. The molecule has 1 aromatic rings. The van der Waals surface area contributed by atoms with Crippen LogP contribution in [0.1, 0.15) is 32.6 Å². The van der Waals surface area contributed by atoms with Gasteiger partial charge in [-0.1, -0.05) is 0 Å². The number of piperidine rings is 1. The molecule has 110 valence electrons. The van der Waals surface area contributed by atoms with E-state index in [2.05, 4.69) is 46.2 Å². The predicted octanol–water partition coefficient (Wildman–Crippen LogP) is 2.58. The van der Waals surface area contributed by atoms with Gasteiger partial charge < -0.3 is 15.1 Å². The minimum Gasteiger partial charge on any atom is -0.380 e. The Morgan fingerprint density at radius 2 is 2.00 bits per heavy atom. The van der Waals surface area contributed by atoms with Gasteiger partial charge in [0.05, 0.1) is 11.9 Å². The van der Waals surface area contributed by atoms with Crippen molar-refractivity contribution in [2.45, 2.75) is 44.7 Å². The minimum absolute atomic E-state index is 0.553. The van der Waals surface area contributed by atoms with Crippen molar-refractivity contribution in [2.24, 2.45) is 0 Å². The van der Waals surface area contributed by atoms with Crippen molar-refractivity contribution >= 4 is 11.5 Å². The molecule has 2 aliphatic heterocycles. The van der Waals surface area contributed by atoms with Gasteiger partial charge in [0.25, 0.3) is 0 Å². The number of pyridine rings is 1. The fourth-order valence-electron chi connectivity index (χ4n) is 3.32. The molecule has 3 rings (SSSR count). The Balaban J connectivity index is 1.58. The van der Waals surface area contributed by atoms with E-state index in [4.69, 9.17) is 0 Å². The summed E-state index contributed by atoms with van der Waals surface area (Å²) in [6, 6.07) is 5.57. The summed E-state index contributed by atoms with van der Waals surface area (Å²) in [4.78, 5) is 9.44. The lowest BCUT2D eigenvalue weighted by Crippen LogP contribution is -2.30. The van der Waals surface area contributed by atoms with Crippen LogP contribution >= 0.6 is 0 Å². The van der Waals surface area contributed by atoms with E-state index < -0.39 is 0 Å². The maximum absolute atomic E-state index is 4.63. The number of nitrogens with one attached hydrogen (secondary N) is 1. The fraction of sp³-hybridized carbons (Fsp3) is 0.688. The van der Waals surface area contributed by atoms with Crippen molar-refractivity contribution in [3.8, 4) is 0 Å². The maximum Gasteiger partial charge on any atom is 0.128 e. The number of likely N-dealkylation sites (N-methyl/N-ethyl adjacent to an activating group) is 1. The smallest absolute Gasteiger partial charge is 0.128 e. The summed E-state index contributed by atoms with van der Waals surface area (Å²) in [5.41, 5.74) is 1.15. The summed E-state index contributed by atoms with van der Waals surface area (Å²) in [5, 5.41) is 3.61. The quantitative estimate of drug-likeness (QED) is 0.918. The number of rotatable bonds is 3. The van der Waals surface area contributed by atoms with Crippen molar-refractivity contribution in [2.75, 3.05) is 36.9 Å². The van der Waals surface area contributed by atoms with Crippen LogP contribution in [0.5, 0.6) is 0 Å². The Morgan fingerprint density at radius 1 is 1.20 bits per heavy atom. The predicted molar refractivity (Wildman–Crippen MR) is 84.4 cm³/mol. The zero-order chi connectivity index (χ0) is 13.9. The van der Waals surface area contributed by atoms with E-state index in [9.17, 15) is 0 Å². The highest BCUT2D eigenvalue weighted by molar-refractivity contribution is 5.49. The fourth-order valence-corrected chi connectivity index (χ4v) is 3.32. The van der Waals surface area contributed by atoms with Crippen LogP contribution in [0, 0.1) is 0 Å². The zero-order valence-corrected chi connectivity index (χ0v) is 12.7. The highest BCUT2D eigenvalue weighted by Crippen LogP contribution is 2.22. The zero-order valence-electron chi connectivity index (χ0n) is 12.7. The molecular weight excluding hydrogens is 248 g/mol. The summed E-state index contributed by atoms with van der Waals surface area (Å²) in [6.45, 7) is 5.73. The van der Waals surface area contributed by atoms with Crippen LogP contribution in [0.4, 0.5) is 11.5 Å². The van der Waals surface area contributed by atoms with Gasteiger partial charge in [-0.2, -0.15) is 0 Å². The Labute approximate surface area is 122 Å². The van der Waals surface area contributed by atoms with E-state index in [0.717, 1.165) is 31.1 Å². The largest absolute Gasteiger partial charge is 0.380 e. The van der Waals surface area contributed by atoms with E-state index in [1.807, 2.05) is 6.20 Å². The van der Waals surface area contributed by atoms with Crippen LogP contribution in [0.25, 0.3) is 0 Å². The molecule has 3 heterocycles. The maximum atomic E-state index is 4.63. The molecule has 0 spiro atoms. The van der Waals surface area contributed by atoms with Crippen LogP contribution < -0.4 is 10.2 Å². The molecule has 0 amide bonds. The molecule has 1 N–H and O–H groups in total. The van der Waals surface area contributed by atoms with Crippen LogP contribution in [0.15, 0.2) is 18.3 Å². The molecule has 4 nitrogen and oxygen atoms in total. The molecule has 2 atom stereocenters. The number of aromatic nitrogens is 1. The summed E-state index contributed by atoms with van der Waals surface area (Å²) in [7, 11) is 2.20. The van der Waals surface area contributed by atoms with Crippen LogP contribution in [-0.4, -0.2) is 48.6 Å². The first-order valence-corrected chi connectivity index (χ1v) is 7.90. The molecular formula is C16H26N4. The second kappa shape index (κ2) is 6.00. The van der Waals surface area contributed by atoms with Crippen molar-refractivity contribution < 1.29 is 0 Å². The summed E-state index contributed by atoms with van der Waals surface area (Å²) < 4.78 is 0. The van der Waals surface area contributed by atoms with E-state index in [1.165, 1.54) is 25.7 Å². The first-order chi connectivity index (χ1) is 9.72. The van der Waals surface area contributed by atoms with E-state index in [-0.39, 0.29) is 0 Å². The van der Waals surface area contributed by atoms with E-state index in [0.29, 0.717) is 12.1 Å². The monoisotopic (exact) mass is 274 g/mol. The summed E-state index contributed by atoms with van der Waals surface area (Å²) in [5.74, 6) is 1.13. The van der Waals surface area contributed by atoms with Crippen molar-refractivity contribution in [1.82, 2.24) is 9.88 Å². The van der Waals surface area contributed by atoms with E-state index in [1.54, 1.807) is 0 Å². The minimum atomic E-state index is 0.553. The highest BCUT2D eigenvalue weighted by Gasteiger charge is 2.25. The standard InChI is InChI=1S/C16H26N4/c1-13-10-15(12-19(13)2)18-14-6-7-16(17-11-14)20-8-4-3-5-9-20/h6-7,11,13,15,18H,3-5,8-10,12H2,1-2H3. The Hall–Kier alpha value is -1.29. The SMILES string of the molecule is CC1CC(Nc2ccc(N3CCCCC3)nc2)CN1C. The lowest BCUT2D eigenvalue weighted by atomic mass is 10.1. The van der Waals surface area contributed by atoms with Crippen LogP contribution in [-0.2, 0) is 0 Å². The van der Waals surface area contributed by atoms with Crippen LogP contribution in [0.2, 0.25) is 0 Å². The van der Waals surface area contributed by atoms with Gasteiger partial charge in [0.2, 0.25) is 0 Å². The van der Waals surface area contributed by atoms with Gasteiger partial charge in [0.15, 0.2) is 0 Å². The van der Waals surface area contributed by atoms with Gasteiger partial charge in [-0.15, -0.1) is 0 Å². The van der Waals surface area contributed by atoms with Gasteiger partial charge >= 0.3 is 0 Å². The number of likely N-dealkylation sites (tertiary alicyclic amines) is 1. The lowest BCUT2D eigenvalue weighted by molar-refractivity contribution is 0.330. The number of nitrogens with zero attached hydrogens (tertiary/aromatic N) is 3. The average molecular weight is 274 g/mol.